The van der Waals surface area contributed by atoms with Crippen molar-refractivity contribution < 1.29 is 4.74 Å². The van der Waals surface area contributed by atoms with Crippen molar-refractivity contribution in [1.82, 2.24) is 0 Å². The molecule has 1 fully saturated rings. The highest BCUT2D eigenvalue weighted by molar-refractivity contribution is 6.30. The third kappa shape index (κ3) is 4.04. The molecule has 1 aromatic carbocycles. The summed E-state index contributed by atoms with van der Waals surface area (Å²) in [6.07, 6.45) is 5.03. The van der Waals surface area contributed by atoms with Gasteiger partial charge >= 0.3 is 0 Å². The summed E-state index contributed by atoms with van der Waals surface area (Å²) in [4.78, 5) is 0. The molecule has 0 saturated heterocycles. The fraction of sp³-hybridized carbons (Fsp3) is 0.625. The van der Waals surface area contributed by atoms with E-state index in [2.05, 4.69) is 19.2 Å². The summed E-state index contributed by atoms with van der Waals surface area (Å²) in [5.41, 5.74) is 1.46. The molecule has 1 saturated carbocycles. The lowest BCUT2D eigenvalue weighted by Crippen LogP contribution is -2.31. The third-order valence-electron chi connectivity index (χ3n) is 3.81. The van der Waals surface area contributed by atoms with Crippen molar-refractivity contribution in [2.75, 3.05) is 11.9 Å². The van der Waals surface area contributed by atoms with Gasteiger partial charge in [-0.05, 0) is 49.8 Å². The quantitative estimate of drug-likeness (QED) is 0.827. The number of anilines is 1. The fourth-order valence-corrected chi connectivity index (χ4v) is 3.11. The molecule has 1 unspecified atom stereocenters. The van der Waals surface area contributed by atoms with Gasteiger partial charge in [0.25, 0.3) is 0 Å². The van der Waals surface area contributed by atoms with Crippen LogP contribution in [-0.4, -0.2) is 12.6 Å². The maximum absolute atomic E-state index is 6.10. The Morgan fingerprint density at radius 1 is 1.42 bits per heavy atom. The molecule has 3 heteroatoms. The van der Waals surface area contributed by atoms with Crippen molar-refractivity contribution in [3.8, 4) is 5.75 Å². The van der Waals surface area contributed by atoms with Crippen LogP contribution in [0.15, 0.2) is 18.2 Å². The maximum atomic E-state index is 6.10. The molecule has 0 bridgehead atoms. The van der Waals surface area contributed by atoms with E-state index in [-0.39, 0.29) is 0 Å². The van der Waals surface area contributed by atoms with Crippen molar-refractivity contribution in [3.63, 3.8) is 0 Å². The smallest absolute Gasteiger partial charge is 0.142 e. The number of halogens is 1. The Morgan fingerprint density at radius 3 is 2.89 bits per heavy atom. The van der Waals surface area contributed by atoms with Crippen LogP contribution in [0.5, 0.6) is 5.75 Å². The van der Waals surface area contributed by atoms with Crippen molar-refractivity contribution in [2.24, 2.45) is 5.41 Å². The van der Waals surface area contributed by atoms with Gasteiger partial charge in [0.15, 0.2) is 0 Å². The van der Waals surface area contributed by atoms with Crippen LogP contribution in [-0.2, 0) is 0 Å². The molecular weight excluding hydrogens is 258 g/mol. The van der Waals surface area contributed by atoms with Crippen LogP contribution in [0.1, 0.15) is 46.5 Å². The molecule has 2 rings (SSSR count). The molecule has 1 aliphatic carbocycles. The Hall–Kier alpha value is -0.890. The Bertz CT molecular complexity index is 431. The first-order chi connectivity index (χ1) is 9.00. The second-order valence-corrected chi connectivity index (χ2v) is 6.61. The SMILES string of the molecule is CCOc1ccc(Cl)cc1NC1CCCC(C)(C)C1. The van der Waals surface area contributed by atoms with Crippen LogP contribution < -0.4 is 10.1 Å². The number of hydrogen-bond acceptors (Lipinski definition) is 2. The van der Waals surface area contributed by atoms with Crippen molar-refractivity contribution in [3.05, 3.63) is 23.2 Å². The zero-order valence-electron chi connectivity index (χ0n) is 12.1. The van der Waals surface area contributed by atoms with E-state index >= 15 is 0 Å². The lowest BCUT2D eigenvalue weighted by molar-refractivity contribution is 0.229. The highest BCUT2D eigenvalue weighted by Gasteiger charge is 2.28. The first-order valence-electron chi connectivity index (χ1n) is 7.19. The first kappa shape index (κ1) is 14.5. The minimum Gasteiger partial charge on any atom is -0.492 e. The Morgan fingerprint density at radius 2 is 2.21 bits per heavy atom. The molecule has 0 aromatic heterocycles. The van der Waals surface area contributed by atoms with Crippen molar-refractivity contribution >= 4 is 17.3 Å². The minimum absolute atomic E-state index is 0.431. The van der Waals surface area contributed by atoms with Gasteiger partial charge in [-0.15, -0.1) is 0 Å². The monoisotopic (exact) mass is 281 g/mol. The molecule has 1 aromatic rings. The predicted octanol–water partition coefficient (Wildman–Crippen LogP) is 5.12. The molecule has 0 amide bonds. The average Bonchev–Trinajstić information content (AvgIpc) is 2.31. The molecule has 1 N–H and O–H groups in total. The summed E-state index contributed by atoms with van der Waals surface area (Å²) in [6, 6.07) is 6.31. The van der Waals surface area contributed by atoms with E-state index in [9.17, 15) is 0 Å². The summed E-state index contributed by atoms with van der Waals surface area (Å²) in [5.74, 6) is 0.898. The zero-order valence-corrected chi connectivity index (χ0v) is 12.9. The number of nitrogens with one attached hydrogen (secondary N) is 1. The van der Waals surface area contributed by atoms with Crippen LogP contribution >= 0.6 is 11.6 Å². The van der Waals surface area contributed by atoms with Crippen molar-refractivity contribution in [2.45, 2.75) is 52.5 Å². The van der Waals surface area contributed by atoms with Gasteiger partial charge < -0.3 is 10.1 Å². The molecule has 0 spiro atoms. The van der Waals surface area contributed by atoms with Gasteiger partial charge in [0, 0.05) is 11.1 Å². The Labute approximate surface area is 121 Å². The van der Waals surface area contributed by atoms with Gasteiger partial charge in [-0.2, -0.15) is 0 Å². The second kappa shape index (κ2) is 6.04. The van der Waals surface area contributed by atoms with E-state index in [4.69, 9.17) is 16.3 Å². The standard InChI is InChI=1S/C16H24ClNO/c1-4-19-15-8-7-12(17)10-14(15)18-13-6-5-9-16(2,3)11-13/h7-8,10,13,18H,4-6,9,11H2,1-3H3. The van der Waals surface area contributed by atoms with Gasteiger partial charge in [0.05, 0.1) is 12.3 Å². The topological polar surface area (TPSA) is 21.3 Å². The van der Waals surface area contributed by atoms with E-state index in [1.807, 2.05) is 25.1 Å². The third-order valence-corrected chi connectivity index (χ3v) is 4.04. The summed E-state index contributed by atoms with van der Waals surface area (Å²) < 4.78 is 5.66. The van der Waals surface area contributed by atoms with Gasteiger partial charge in [0.2, 0.25) is 0 Å². The van der Waals surface area contributed by atoms with Crippen LogP contribution in [0.25, 0.3) is 0 Å². The predicted molar refractivity (Wildman–Crippen MR) is 82.3 cm³/mol. The molecule has 2 nitrogen and oxygen atoms in total. The molecule has 106 valence electrons. The van der Waals surface area contributed by atoms with Crippen molar-refractivity contribution in [1.29, 1.82) is 0 Å². The molecule has 1 aliphatic rings. The zero-order chi connectivity index (χ0) is 13.9. The second-order valence-electron chi connectivity index (χ2n) is 6.18. The maximum Gasteiger partial charge on any atom is 0.142 e. The fourth-order valence-electron chi connectivity index (χ4n) is 2.94. The molecule has 1 atom stereocenters. The van der Waals surface area contributed by atoms with E-state index < -0.39 is 0 Å². The molecular formula is C16H24ClNO. The number of rotatable bonds is 4. The summed E-state index contributed by atoms with van der Waals surface area (Å²) in [5, 5.41) is 4.37. The van der Waals surface area contributed by atoms with Gasteiger partial charge in [-0.3, -0.25) is 0 Å². The Kier molecular flexibility index (Phi) is 4.62. The number of benzene rings is 1. The molecule has 0 aliphatic heterocycles. The highest BCUT2D eigenvalue weighted by atomic mass is 35.5. The minimum atomic E-state index is 0.431. The Balaban J connectivity index is 2.11. The number of hydrogen-bond donors (Lipinski definition) is 1. The van der Waals surface area contributed by atoms with Crippen LogP contribution in [0, 0.1) is 5.41 Å². The van der Waals surface area contributed by atoms with Crippen LogP contribution in [0.4, 0.5) is 5.69 Å². The van der Waals surface area contributed by atoms with Crippen LogP contribution in [0.3, 0.4) is 0 Å². The van der Waals surface area contributed by atoms with Gasteiger partial charge in [-0.1, -0.05) is 31.9 Å². The van der Waals surface area contributed by atoms with Gasteiger partial charge in [0.1, 0.15) is 5.75 Å². The van der Waals surface area contributed by atoms with E-state index in [1.165, 1.54) is 25.7 Å². The van der Waals surface area contributed by atoms with E-state index in [0.29, 0.717) is 18.1 Å². The van der Waals surface area contributed by atoms with E-state index in [0.717, 1.165) is 16.5 Å². The highest BCUT2D eigenvalue weighted by Crippen LogP contribution is 2.38. The lowest BCUT2D eigenvalue weighted by Gasteiger charge is -2.36. The lowest BCUT2D eigenvalue weighted by atomic mass is 9.75. The normalized spacial score (nSPS) is 22.0. The number of ether oxygens (including phenoxy) is 1. The summed E-state index contributed by atoms with van der Waals surface area (Å²) in [7, 11) is 0. The molecule has 0 radical (unpaired) electrons. The molecule has 19 heavy (non-hydrogen) atoms. The molecule has 0 heterocycles. The summed E-state index contributed by atoms with van der Waals surface area (Å²) in [6.45, 7) is 7.37. The first-order valence-corrected chi connectivity index (χ1v) is 7.57. The van der Waals surface area contributed by atoms with Gasteiger partial charge in [-0.25, -0.2) is 0 Å². The van der Waals surface area contributed by atoms with Crippen LogP contribution in [0.2, 0.25) is 5.02 Å². The average molecular weight is 282 g/mol. The summed E-state index contributed by atoms with van der Waals surface area (Å²) >= 11 is 6.10. The largest absolute Gasteiger partial charge is 0.492 e. The van der Waals surface area contributed by atoms with E-state index in [1.54, 1.807) is 0 Å².